The van der Waals surface area contributed by atoms with Crippen molar-refractivity contribution in [1.29, 1.82) is 0 Å². The van der Waals surface area contributed by atoms with Crippen molar-refractivity contribution in [2.75, 3.05) is 46.8 Å². The summed E-state index contributed by atoms with van der Waals surface area (Å²) in [6, 6.07) is 3.39. The van der Waals surface area contributed by atoms with Crippen molar-refractivity contribution in [2.45, 2.75) is 50.6 Å². The number of nitrogens with zero attached hydrogens (tertiary/aromatic N) is 3. The number of rotatable bonds is 5. The summed E-state index contributed by atoms with van der Waals surface area (Å²) in [4.78, 5) is 9.42. The van der Waals surface area contributed by atoms with E-state index in [1.54, 1.807) is 7.05 Å². The minimum atomic E-state index is -0.563. The molecule has 0 radical (unpaired) electrons. The Morgan fingerprint density at radius 2 is 1.83 bits per heavy atom. The molecule has 0 aliphatic carbocycles. The Bertz CT molecular complexity index is 694. The maximum atomic E-state index is 14.1. The molecule has 7 heteroatoms. The summed E-state index contributed by atoms with van der Waals surface area (Å²) in [5.74, 6) is -0.455. The summed E-state index contributed by atoms with van der Waals surface area (Å²) >= 11 is 0. The second-order valence-electron chi connectivity index (χ2n) is 8.53. The van der Waals surface area contributed by atoms with Crippen molar-refractivity contribution < 1.29 is 8.78 Å². The fraction of sp³-hybridized carbons (Fsp3) is 0.682. The Morgan fingerprint density at radius 3 is 2.45 bits per heavy atom. The highest BCUT2D eigenvalue weighted by Crippen LogP contribution is 2.31. The van der Waals surface area contributed by atoms with Crippen molar-refractivity contribution in [3.8, 4) is 0 Å². The van der Waals surface area contributed by atoms with E-state index in [-0.39, 0.29) is 11.6 Å². The average molecular weight is 408 g/mol. The number of likely N-dealkylation sites (tertiary alicyclic amines) is 2. The van der Waals surface area contributed by atoms with Crippen molar-refractivity contribution >= 4 is 5.96 Å². The van der Waals surface area contributed by atoms with Crippen LogP contribution < -0.4 is 10.6 Å². The van der Waals surface area contributed by atoms with Gasteiger partial charge >= 0.3 is 0 Å². The second kappa shape index (κ2) is 9.85. The minimum Gasteiger partial charge on any atom is -0.355 e. The molecule has 162 valence electrons. The van der Waals surface area contributed by atoms with E-state index in [1.807, 2.05) is 6.92 Å². The Balaban J connectivity index is 1.65. The fourth-order valence-electron chi connectivity index (χ4n) is 4.59. The molecule has 0 aromatic heterocycles. The molecule has 2 aliphatic rings. The predicted octanol–water partition coefficient (Wildman–Crippen LogP) is 3.14. The van der Waals surface area contributed by atoms with Gasteiger partial charge in [0.1, 0.15) is 11.6 Å². The second-order valence-corrected chi connectivity index (χ2v) is 8.53. The van der Waals surface area contributed by atoms with Crippen molar-refractivity contribution in [1.82, 2.24) is 20.4 Å². The summed E-state index contributed by atoms with van der Waals surface area (Å²) in [5.41, 5.74) is 0.564. The molecule has 0 saturated carbocycles. The van der Waals surface area contributed by atoms with E-state index in [2.05, 4.69) is 32.5 Å². The molecule has 2 fully saturated rings. The van der Waals surface area contributed by atoms with Crippen molar-refractivity contribution in [2.24, 2.45) is 4.99 Å². The van der Waals surface area contributed by atoms with Gasteiger partial charge < -0.3 is 15.5 Å². The van der Waals surface area contributed by atoms with Crippen LogP contribution in [0.15, 0.2) is 23.2 Å². The van der Waals surface area contributed by atoms with Crippen LogP contribution in [0.4, 0.5) is 8.78 Å². The van der Waals surface area contributed by atoms with Crippen LogP contribution in [0.2, 0.25) is 0 Å². The quantitative estimate of drug-likeness (QED) is 0.581. The molecular weight excluding hydrogens is 372 g/mol. The standard InChI is InChI=1S/C22H35F2N5/c1-17(19-8-7-18(23)15-20(19)24)27-21(25-2)26-16-22(9-13-28(3)14-10-22)29-11-5-4-6-12-29/h7-8,15,17H,4-6,9-14,16H2,1-3H3,(H2,25,26,27). The van der Waals surface area contributed by atoms with Gasteiger partial charge in [0.05, 0.1) is 6.04 Å². The molecule has 0 bridgehead atoms. The van der Waals surface area contributed by atoms with Crippen LogP contribution in [0.5, 0.6) is 0 Å². The zero-order chi connectivity index (χ0) is 20.9. The average Bonchev–Trinajstić information content (AvgIpc) is 2.73. The van der Waals surface area contributed by atoms with E-state index in [0.29, 0.717) is 11.5 Å². The molecule has 5 nitrogen and oxygen atoms in total. The van der Waals surface area contributed by atoms with Crippen LogP contribution in [-0.4, -0.2) is 68.1 Å². The molecule has 1 atom stereocenters. The maximum Gasteiger partial charge on any atom is 0.191 e. The summed E-state index contributed by atoms with van der Waals surface area (Å²) in [7, 11) is 3.91. The molecule has 1 aromatic carbocycles. The molecular formula is C22H35F2N5. The number of nitrogens with one attached hydrogen (secondary N) is 2. The molecule has 2 heterocycles. The number of halogens is 2. The molecule has 29 heavy (non-hydrogen) atoms. The van der Waals surface area contributed by atoms with Crippen LogP contribution in [0, 0.1) is 11.6 Å². The number of hydrogen-bond donors (Lipinski definition) is 2. The lowest BCUT2D eigenvalue weighted by atomic mass is 9.84. The third-order valence-corrected chi connectivity index (χ3v) is 6.54. The Labute approximate surface area is 173 Å². The van der Waals surface area contributed by atoms with Gasteiger partial charge in [0.25, 0.3) is 0 Å². The number of piperidine rings is 2. The van der Waals surface area contributed by atoms with Gasteiger partial charge in [-0.1, -0.05) is 12.5 Å². The van der Waals surface area contributed by atoms with E-state index < -0.39 is 11.6 Å². The highest BCUT2D eigenvalue weighted by molar-refractivity contribution is 5.80. The lowest BCUT2D eigenvalue weighted by Crippen LogP contribution is -2.62. The predicted molar refractivity (Wildman–Crippen MR) is 114 cm³/mol. The van der Waals surface area contributed by atoms with Crippen molar-refractivity contribution in [3.05, 3.63) is 35.4 Å². The highest BCUT2D eigenvalue weighted by Gasteiger charge is 2.39. The van der Waals surface area contributed by atoms with Crippen LogP contribution >= 0.6 is 0 Å². The summed E-state index contributed by atoms with van der Waals surface area (Å²) < 4.78 is 27.3. The van der Waals surface area contributed by atoms with E-state index in [0.717, 1.165) is 51.6 Å². The largest absolute Gasteiger partial charge is 0.355 e. The highest BCUT2D eigenvalue weighted by atomic mass is 19.1. The van der Waals surface area contributed by atoms with Gasteiger partial charge in [0.15, 0.2) is 5.96 Å². The van der Waals surface area contributed by atoms with Crippen LogP contribution in [0.1, 0.15) is 50.6 Å². The van der Waals surface area contributed by atoms with Gasteiger partial charge in [-0.05, 0) is 71.9 Å². The molecule has 1 aromatic rings. The van der Waals surface area contributed by atoms with Gasteiger partial charge in [-0.3, -0.25) is 9.89 Å². The zero-order valence-electron chi connectivity index (χ0n) is 18.0. The number of aliphatic imine (C=N–C) groups is 1. The molecule has 2 aliphatic heterocycles. The van der Waals surface area contributed by atoms with Crippen molar-refractivity contribution in [3.63, 3.8) is 0 Å². The van der Waals surface area contributed by atoms with E-state index in [1.165, 1.54) is 31.4 Å². The third-order valence-electron chi connectivity index (χ3n) is 6.54. The Hall–Kier alpha value is -1.73. The summed E-state index contributed by atoms with van der Waals surface area (Å²) in [5, 5.41) is 6.77. The lowest BCUT2D eigenvalue weighted by molar-refractivity contribution is 0.0173. The topological polar surface area (TPSA) is 42.9 Å². The molecule has 0 spiro atoms. The molecule has 0 amide bonds. The summed E-state index contributed by atoms with van der Waals surface area (Å²) in [6.45, 7) is 7.20. The smallest absolute Gasteiger partial charge is 0.191 e. The van der Waals surface area contributed by atoms with Gasteiger partial charge in [-0.15, -0.1) is 0 Å². The Kier molecular flexibility index (Phi) is 7.46. The molecule has 2 N–H and O–H groups in total. The maximum absolute atomic E-state index is 14.1. The Morgan fingerprint density at radius 1 is 1.14 bits per heavy atom. The SMILES string of the molecule is CN=C(NCC1(N2CCCCC2)CCN(C)CC1)NC(C)c1ccc(F)cc1F. The van der Waals surface area contributed by atoms with Gasteiger partial charge in [-0.25, -0.2) is 8.78 Å². The van der Waals surface area contributed by atoms with Gasteiger partial charge in [0, 0.05) is 30.8 Å². The third kappa shape index (κ3) is 5.45. The van der Waals surface area contributed by atoms with Gasteiger partial charge in [0.2, 0.25) is 0 Å². The zero-order valence-corrected chi connectivity index (χ0v) is 18.0. The fourth-order valence-corrected chi connectivity index (χ4v) is 4.59. The molecule has 1 unspecified atom stereocenters. The van der Waals surface area contributed by atoms with Crippen LogP contribution in [-0.2, 0) is 0 Å². The normalized spacial score (nSPS) is 22.3. The minimum absolute atomic E-state index is 0.134. The van der Waals surface area contributed by atoms with E-state index >= 15 is 0 Å². The molecule has 2 saturated heterocycles. The first-order valence-electron chi connectivity index (χ1n) is 10.8. The first-order valence-corrected chi connectivity index (χ1v) is 10.8. The van der Waals surface area contributed by atoms with E-state index in [4.69, 9.17) is 0 Å². The number of guanidine groups is 1. The molecule has 3 rings (SSSR count). The number of hydrogen-bond acceptors (Lipinski definition) is 3. The first-order chi connectivity index (χ1) is 13.9. The lowest BCUT2D eigenvalue weighted by Gasteiger charge is -2.50. The summed E-state index contributed by atoms with van der Waals surface area (Å²) in [6.07, 6.45) is 6.13. The van der Waals surface area contributed by atoms with Crippen LogP contribution in [0.25, 0.3) is 0 Å². The van der Waals surface area contributed by atoms with Crippen LogP contribution in [0.3, 0.4) is 0 Å². The first kappa shape index (κ1) is 22.0. The number of benzene rings is 1. The van der Waals surface area contributed by atoms with Gasteiger partial charge in [-0.2, -0.15) is 0 Å². The van der Waals surface area contributed by atoms with E-state index in [9.17, 15) is 8.78 Å². The monoisotopic (exact) mass is 407 g/mol.